The zero-order chi connectivity index (χ0) is 20.5. The Morgan fingerprint density at radius 1 is 1.29 bits per heavy atom. The molecular weight excluding hydrogens is 375 g/mol. The average molecular weight is 401 g/mol. The lowest BCUT2D eigenvalue weighted by atomic mass is 9.52. The molecule has 1 aromatic rings. The first-order valence-corrected chi connectivity index (χ1v) is 9.73. The summed E-state index contributed by atoms with van der Waals surface area (Å²) in [5.41, 5.74) is -3.65. The molecular formula is C19H26F3N3O3. The van der Waals surface area contributed by atoms with Crippen molar-refractivity contribution < 1.29 is 28.2 Å². The highest BCUT2D eigenvalue weighted by molar-refractivity contribution is 5.95. The second-order valence-corrected chi connectivity index (χ2v) is 9.48. The molecule has 4 bridgehead atoms. The van der Waals surface area contributed by atoms with Crippen LogP contribution >= 0.6 is 0 Å². The summed E-state index contributed by atoms with van der Waals surface area (Å²) in [7, 11) is 0. The van der Waals surface area contributed by atoms with Crippen molar-refractivity contribution >= 4 is 5.91 Å². The van der Waals surface area contributed by atoms with E-state index in [2.05, 4.69) is 10.4 Å². The highest BCUT2D eigenvalue weighted by atomic mass is 19.4. The fourth-order valence-corrected chi connectivity index (χ4v) is 5.76. The number of amides is 1. The Hall–Kier alpha value is -1.61. The van der Waals surface area contributed by atoms with E-state index in [0.717, 1.165) is 25.5 Å². The van der Waals surface area contributed by atoms with Crippen LogP contribution in [0, 0.1) is 17.8 Å². The van der Waals surface area contributed by atoms with Gasteiger partial charge in [-0.2, -0.15) is 18.3 Å². The van der Waals surface area contributed by atoms with Gasteiger partial charge in [0.1, 0.15) is 0 Å². The van der Waals surface area contributed by atoms with Gasteiger partial charge in [0.2, 0.25) is 0 Å². The normalized spacial score (nSPS) is 34.7. The number of carbonyl (C=O) groups excluding carboxylic acids is 1. The van der Waals surface area contributed by atoms with Crippen LogP contribution < -0.4 is 5.32 Å². The van der Waals surface area contributed by atoms with Crippen LogP contribution in [0.3, 0.4) is 0 Å². The lowest BCUT2D eigenvalue weighted by molar-refractivity contribution is -0.147. The summed E-state index contributed by atoms with van der Waals surface area (Å²) in [5.74, 6) is -0.164. The lowest BCUT2D eigenvalue weighted by Gasteiger charge is -2.58. The predicted octanol–water partition coefficient (Wildman–Crippen LogP) is 2.30. The number of aliphatic hydroxyl groups is 2. The topological polar surface area (TPSA) is 87.4 Å². The van der Waals surface area contributed by atoms with Crippen LogP contribution in [0.1, 0.15) is 62.0 Å². The summed E-state index contributed by atoms with van der Waals surface area (Å²) < 4.78 is 41.9. The minimum absolute atomic E-state index is 0.0958. The Kier molecular flexibility index (Phi) is 4.36. The van der Waals surface area contributed by atoms with Crippen molar-refractivity contribution in [1.82, 2.24) is 15.1 Å². The molecule has 3 N–H and O–H groups in total. The molecule has 4 fully saturated rings. The van der Waals surface area contributed by atoms with Crippen LogP contribution in [0.2, 0.25) is 0 Å². The number of nitrogens with zero attached hydrogens (tertiary/aromatic N) is 2. The molecule has 6 nitrogen and oxygen atoms in total. The number of alkyl halides is 3. The van der Waals surface area contributed by atoms with Gasteiger partial charge in [0.05, 0.1) is 29.5 Å². The Morgan fingerprint density at radius 3 is 2.39 bits per heavy atom. The SMILES string of the molecule is CC(C)(CO)n1ncc(C(=O)NC2[C@@H]3CC4C[C@H]2CC(O)(C4)C3)c1C(F)(F)F. The Bertz CT molecular complexity index is 773. The molecule has 1 amide bonds. The van der Waals surface area contributed by atoms with E-state index < -0.39 is 41.1 Å². The number of carbonyl (C=O) groups is 1. The summed E-state index contributed by atoms with van der Waals surface area (Å²) in [6, 6.07) is -0.223. The first-order valence-electron chi connectivity index (χ1n) is 9.73. The van der Waals surface area contributed by atoms with Crippen LogP contribution in [0.15, 0.2) is 6.20 Å². The third-order valence-electron chi connectivity index (χ3n) is 6.78. The summed E-state index contributed by atoms with van der Waals surface area (Å²) in [6.07, 6.45) is -0.0863. The summed E-state index contributed by atoms with van der Waals surface area (Å²) in [4.78, 5) is 12.8. The maximum absolute atomic E-state index is 13.7. The molecule has 4 aliphatic rings. The van der Waals surface area contributed by atoms with Gasteiger partial charge in [-0.05, 0) is 63.7 Å². The highest BCUT2D eigenvalue weighted by Gasteiger charge is 2.55. The van der Waals surface area contributed by atoms with Gasteiger partial charge in [0.25, 0.3) is 5.91 Å². The van der Waals surface area contributed by atoms with Gasteiger partial charge in [-0.3, -0.25) is 9.48 Å². The van der Waals surface area contributed by atoms with Gasteiger partial charge in [-0.1, -0.05) is 0 Å². The van der Waals surface area contributed by atoms with Gasteiger partial charge in [-0.25, -0.2) is 0 Å². The molecule has 1 aromatic heterocycles. The monoisotopic (exact) mass is 401 g/mol. The number of hydrogen-bond acceptors (Lipinski definition) is 4. The fourth-order valence-electron chi connectivity index (χ4n) is 5.76. The average Bonchev–Trinajstić information content (AvgIpc) is 3.03. The van der Waals surface area contributed by atoms with E-state index in [-0.39, 0.29) is 17.9 Å². The maximum Gasteiger partial charge on any atom is 0.433 e. The van der Waals surface area contributed by atoms with Crippen LogP contribution in [0.5, 0.6) is 0 Å². The van der Waals surface area contributed by atoms with E-state index >= 15 is 0 Å². The molecule has 0 radical (unpaired) electrons. The van der Waals surface area contributed by atoms with Gasteiger partial charge < -0.3 is 15.5 Å². The second kappa shape index (κ2) is 6.19. The van der Waals surface area contributed by atoms with E-state index in [4.69, 9.17) is 0 Å². The first-order chi connectivity index (χ1) is 12.9. The minimum Gasteiger partial charge on any atom is -0.394 e. The molecule has 156 valence electrons. The largest absolute Gasteiger partial charge is 0.433 e. The van der Waals surface area contributed by atoms with Crippen LogP contribution in [0.4, 0.5) is 13.2 Å². The van der Waals surface area contributed by atoms with Gasteiger partial charge >= 0.3 is 6.18 Å². The molecule has 1 heterocycles. The first kappa shape index (κ1) is 19.7. The van der Waals surface area contributed by atoms with Crippen LogP contribution in [-0.2, 0) is 11.7 Å². The van der Waals surface area contributed by atoms with Crippen molar-refractivity contribution in [1.29, 1.82) is 0 Å². The third kappa shape index (κ3) is 3.12. The summed E-state index contributed by atoms with van der Waals surface area (Å²) in [5, 5.41) is 26.7. The molecule has 4 saturated carbocycles. The number of hydrogen-bond donors (Lipinski definition) is 3. The Labute approximate surface area is 161 Å². The highest BCUT2D eigenvalue weighted by Crippen LogP contribution is 2.55. The fraction of sp³-hybridized carbons (Fsp3) is 0.789. The molecule has 5 atom stereocenters. The van der Waals surface area contributed by atoms with Gasteiger partial charge in [-0.15, -0.1) is 0 Å². The Morgan fingerprint density at radius 2 is 1.89 bits per heavy atom. The quantitative estimate of drug-likeness (QED) is 0.723. The number of halogens is 3. The zero-order valence-electron chi connectivity index (χ0n) is 16.0. The Balaban J connectivity index is 1.61. The van der Waals surface area contributed by atoms with Crippen molar-refractivity contribution in [2.24, 2.45) is 17.8 Å². The van der Waals surface area contributed by atoms with E-state index in [1.165, 1.54) is 13.8 Å². The third-order valence-corrected chi connectivity index (χ3v) is 6.78. The standard InChI is InChI=1S/C19H26F3N3O3/c1-17(2,9-26)25-15(19(20,21)22)13(8-23-25)16(27)24-14-11-3-10-4-12(14)7-18(28,5-10)6-11/h8,10-12,14,26,28H,3-7,9H2,1-2H3,(H,24,27)/t10?,11-,12+,14?,18?. The number of rotatable bonds is 4. The van der Waals surface area contributed by atoms with E-state index in [0.29, 0.717) is 23.4 Å². The van der Waals surface area contributed by atoms with Crippen molar-refractivity contribution in [3.05, 3.63) is 17.5 Å². The van der Waals surface area contributed by atoms with E-state index in [9.17, 15) is 28.2 Å². The predicted molar refractivity (Wildman–Crippen MR) is 93.4 cm³/mol. The van der Waals surface area contributed by atoms with Crippen LogP contribution in [0.25, 0.3) is 0 Å². The second-order valence-electron chi connectivity index (χ2n) is 9.48. The summed E-state index contributed by atoms with van der Waals surface area (Å²) >= 11 is 0. The van der Waals surface area contributed by atoms with Crippen molar-refractivity contribution in [3.63, 3.8) is 0 Å². The van der Waals surface area contributed by atoms with Crippen molar-refractivity contribution in [3.8, 4) is 0 Å². The van der Waals surface area contributed by atoms with Gasteiger partial charge in [0, 0.05) is 6.04 Å². The zero-order valence-corrected chi connectivity index (χ0v) is 16.0. The maximum atomic E-state index is 13.7. The molecule has 5 rings (SSSR count). The smallest absolute Gasteiger partial charge is 0.394 e. The number of aromatic nitrogens is 2. The molecule has 3 unspecified atom stereocenters. The van der Waals surface area contributed by atoms with Crippen LogP contribution in [-0.4, -0.2) is 44.2 Å². The number of aliphatic hydroxyl groups excluding tert-OH is 1. The molecule has 9 heteroatoms. The molecule has 0 spiro atoms. The lowest BCUT2D eigenvalue weighted by Crippen LogP contribution is -2.61. The molecule has 0 saturated heterocycles. The van der Waals surface area contributed by atoms with E-state index in [1.54, 1.807) is 0 Å². The van der Waals surface area contributed by atoms with E-state index in [1.807, 2.05) is 0 Å². The number of nitrogens with one attached hydrogen (secondary N) is 1. The molecule has 0 aromatic carbocycles. The molecule has 0 aliphatic heterocycles. The van der Waals surface area contributed by atoms with Gasteiger partial charge in [0.15, 0.2) is 5.69 Å². The summed E-state index contributed by atoms with van der Waals surface area (Å²) in [6.45, 7) is 2.30. The van der Waals surface area contributed by atoms with Crippen molar-refractivity contribution in [2.45, 2.75) is 69.3 Å². The molecule has 4 aliphatic carbocycles. The van der Waals surface area contributed by atoms with Crippen molar-refractivity contribution in [2.75, 3.05) is 6.61 Å². The molecule has 28 heavy (non-hydrogen) atoms. The minimum atomic E-state index is -4.78.